The molecule has 0 spiro atoms. The Labute approximate surface area is 188 Å². The van der Waals surface area contributed by atoms with Crippen LogP contribution in [0, 0.1) is 19.8 Å². The summed E-state index contributed by atoms with van der Waals surface area (Å²) in [5, 5.41) is 3.32. The quantitative estimate of drug-likeness (QED) is 0.634. The van der Waals surface area contributed by atoms with Crippen LogP contribution in [0.25, 0.3) is 11.1 Å². The fraction of sp³-hybridized carbons (Fsp3) is 0.462. The lowest BCUT2D eigenvalue weighted by molar-refractivity contribution is -0.127. The lowest BCUT2D eigenvalue weighted by Crippen LogP contribution is -2.65. The van der Waals surface area contributed by atoms with Crippen molar-refractivity contribution in [2.45, 2.75) is 71.5 Å². The summed E-state index contributed by atoms with van der Waals surface area (Å²) >= 11 is 0. The smallest absolute Gasteiger partial charge is 0.276 e. The Balaban J connectivity index is 1.60. The molecule has 2 aromatic heterocycles. The molecule has 0 saturated heterocycles. The largest absolute Gasteiger partial charge is 0.463 e. The number of aryl methyl sites for hydroxylation is 2. The molecule has 1 N–H and O–H groups in total. The van der Waals surface area contributed by atoms with Gasteiger partial charge >= 0.3 is 0 Å². The number of amides is 2. The topological polar surface area (TPSA) is 67.5 Å². The number of nitrogens with zero attached hydrogens (tertiary/aromatic N) is 2. The lowest BCUT2D eigenvalue weighted by Gasteiger charge is -2.45. The van der Waals surface area contributed by atoms with E-state index in [1.807, 2.05) is 49.6 Å². The molecule has 0 bridgehead atoms. The van der Waals surface area contributed by atoms with Crippen molar-refractivity contribution >= 4 is 28.6 Å². The standard InChI is InChI=1S/C26H31N3O3/c1-16-9-10-19(13-18(16)3)29-24(30)22-14-23-21(11-12-32-23)28(22)15-26(29,4)25(31)27-20-8-6-5-7-17(20)2/h9-14,17,20H,5-8,15H2,1-4H3,(H,27,31)/t17-,20-,26+/m0/s1. The number of benzene rings is 1. The average molecular weight is 434 g/mol. The van der Waals surface area contributed by atoms with E-state index in [-0.39, 0.29) is 17.9 Å². The van der Waals surface area contributed by atoms with E-state index in [1.165, 1.54) is 6.42 Å². The van der Waals surface area contributed by atoms with Gasteiger partial charge in [0.15, 0.2) is 5.58 Å². The van der Waals surface area contributed by atoms with Crippen molar-refractivity contribution in [2.24, 2.45) is 5.92 Å². The van der Waals surface area contributed by atoms with E-state index in [0.29, 0.717) is 23.7 Å². The minimum atomic E-state index is -1.06. The van der Waals surface area contributed by atoms with Crippen molar-refractivity contribution in [2.75, 3.05) is 4.90 Å². The number of hydrogen-bond donors (Lipinski definition) is 1. The number of hydrogen-bond acceptors (Lipinski definition) is 3. The molecular weight excluding hydrogens is 402 g/mol. The van der Waals surface area contributed by atoms with Crippen molar-refractivity contribution in [3.8, 4) is 0 Å². The maximum atomic E-state index is 13.9. The van der Waals surface area contributed by atoms with Gasteiger partial charge in [-0.05, 0) is 62.8 Å². The molecule has 3 heterocycles. The zero-order chi connectivity index (χ0) is 22.6. The van der Waals surface area contributed by atoms with Crippen molar-refractivity contribution in [3.63, 3.8) is 0 Å². The third-order valence-corrected chi connectivity index (χ3v) is 7.57. The highest BCUT2D eigenvalue weighted by molar-refractivity contribution is 6.13. The number of anilines is 1. The summed E-state index contributed by atoms with van der Waals surface area (Å²) in [5.74, 6) is 0.160. The predicted molar refractivity (Wildman–Crippen MR) is 125 cm³/mol. The van der Waals surface area contributed by atoms with Crippen molar-refractivity contribution in [3.05, 3.63) is 53.4 Å². The van der Waals surface area contributed by atoms with Gasteiger partial charge in [-0.15, -0.1) is 0 Å². The van der Waals surface area contributed by atoms with Crippen LogP contribution in [0.5, 0.6) is 0 Å². The van der Waals surface area contributed by atoms with Crippen LogP contribution >= 0.6 is 0 Å². The molecular formula is C26H31N3O3. The maximum absolute atomic E-state index is 13.9. The molecule has 168 valence electrons. The van der Waals surface area contributed by atoms with Crippen LogP contribution in [-0.2, 0) is 11.3 Å². The fourth-order valence-corrected chi connectivity index (χ4v) is 5.34. The number of carbonyl (C=O) groups excluding carboxylic acids is 2. The molecule has 2 aliphatic rings. The number of fused-ring (bicyclic) bond motifs is 3. The van der Waals surface area contributed by atoms with E-state index in [4.69, 9.17) is 4.42 Å². The van der Waals surface area contributed by atoms with Gasteiger partial charge in [-0.3, -0.25) is 14.5 Å². The number of nitrogens with one attached hydrogen (secondary N) is 1. The van der Waals surface area contributed by atoms with Gasteiger partial charge < -0.3 is 14.3 Å². The van der Waals surface area contributed by atoms with Crippen LogP contribution in [0.15, 0.2) is 41.0 Å². The number of rotatable bonds is 3. The Morgan fingerprint density at radius 1 is 1.12 bits per heavy atom. The Bertz CT molecular complexity index is 1210. The number of aromatic nitrogens is 1. The maximum Gasteiger partial charge on any atom is 0.276 e. The predicted octanol–water partition coefficient (Wildman–Crippen LogP) is 4.97. The van der Waals surface area contributed by atoms with E-state index in [2.05, 4.69) is 12.2 Å². The van der Waals surface area contributed by atoms with E-state index in [0.717, 1.165) is 41.6 Å². The minimum absolute atomic E-state index is 0.0983. The Kier molecular flexibility index (Phi) is 4.91. The van der Waals surface area contributed by atoms with Crippen LogP contribution < -0.4 is 10.2 Å². The molecule has 0 radical (unpaired) electrons. The first-order chi connectivity index (χ1) is 15.3. The van der Waals surface area contributed by atoms with Gasteiger partial charge in [-0.25, -0.2) is 0 Å². The Morgan fingerprint density at radius 2 is 1.91 bits per heavy atom. The third kappa shape index (κ3) is 3.15. The van der Waals surface area contributed by atoms with Crippen LogP contribution in [0.3, 0.4) is 0 Å². The molecule has 1 aromatic carbocycles. The second-order valence-electron chi connectivity index (χ2n) is 9.81. The summed E-state index contributed by atoms with van der Waals surface area (Å²) < 4.78 is 7.50. The van der Waals surface area contributed by atoms with Gasteiger partial charge in [0.25, 0.3) is 5.91 Å². The number of furan rings is 1. The lowest BCUT2D eigenvalue weighted by atomic mass is 9.84. The molecule has 3 aromatic rings. The zero-order valence-electron chi connectivity index (χ0n) is 19.3. The fourth-order valence-electron chi connectivity index (χ4n) is 5.34. The van der Waals surface area contributed by atoms with E-state index in [1.54, 1.807) is 17.2 Å². The monoisotopic (exact) mass is 433 g/mol. The van der Waals surface area contributed by atoms with Gasteiger partial charge in [0, 0.05) is 23.9 Å². The van der Waals surface area contributed by atoms with Crippen molar-refractivity contribution in [1.82, 2.24) is 9.88 Å². The second-order valence-corrected chi connectivity index (χ2v) is 9.81. The molecule has 1 aliphatic heterocycles. The van der Waals surface area contributed by atoms with Crippen LogP contribution in [0.4, 0.5) is 5.69 Å². The highest BCUT2D eigenvalue weighted by Crippen LogP contribution is 2.37. The average Bonchev–Trinajstić information content (AvgIpc) is 3.35. The molecule has 2 amide bonds. The summed E-state index contributed by atoms with van der Waals surface area (Å²) in [7, 11) is 0. The second kappa shape index (κ2) is 7.54. The summed E-state index contributed by atoms with van der Waals surface area (Å²) in [6.07, 6.45) is 6.08. The molecule has 1 saturated carbocycles. The van der Waals surface area contributed by atoms with Crippen LogP contribution in [-0.4, -0.2) is 28.0 Å². The first kappa shape index (κ1) is 20.9. The summed E-state index contributed by atoms with van der Waals surface area (Å²) in [6.45, 7) is 8.55. The molecule has 1 fully saturated rings. The zero-order valence-corrected chi connectivity index (χ0v) is 19.3. The van der Waals surface area contributed by atoms with Crippen molar-refractivity contribution < 1.29 is 14.0 Å². The molecule has 6 heteroatoms. The molecule has 5 rings (SSSR count). The number of carbonyl (C=O) groups is 2. The highest BCUT2D eigenvalue weighted by Gasteiger charge is 2.49. The van der Waals surface area contributed by atoms with Gasteiger partial charge in [-0.1, -0.05) is 25.8 Å². The highest BCUT2D eigenvalue weighted by atomic mass is 16.3. The van der Waals surface area contributed by atoms with Crippen LogP contribution in [0.2, 0.25) is 0 Å². The SMILES string of the molecule is Cc1ccc(N2C(=O)c3cc4occc4n3C[C@]2(C)C(=O)N[C@H]2CCCC[C@@H]2C)cc1C. The molecule has 0 unspecified atom stereocenters. The van der Waals surface area contributed by atoms with Gasteiger partial charge in [0.05, 0.1) is 18.3 Å². The Hall–Kier alpha value is -3.02. The Morgan fingerprint density at radius 3 is 2.66 bits per heavy atom. The first-order valence-corrected chi connectivity index (χ1v) is 11.6. The van der Waals surface area contributed by atoms with Crippen LogP contribution in [0.1, 0.15) is 61.1 Å². The summed E-state index contributed by atoms with van der Waals surface area (Å²) in [5.41, 5.74) is 3.99. The van der Waals surface area contributed by atoms with Crippen molar-refractivity contribution in [1.29, 1.82) is 0 Å². The third-order valence-electron chi connectivity index (χ3n) is 7.57. The normalized spacial score (nSPS) is 25.8. The first-order valence-electron chi connectivity index (χ1n) is 11.6. The summed E-state index contributed by atoms with van der Waals surface area (Å²) in [6, 6.07) is 9.75. The van der Waals surface area contributed by atoms with E-state index in [9.17, 15) is 9.59 Å². The molecule has 32 heavy (non-hydrogen) atoms. The van der Waals surface area contributed by atoms with E-state index >= 15 is 0 Å². The van der Waals surface area contributed by atoms with Gasteiger partial charge in [-0.2, -0.15) is 0 Å². The van der Waals surface area contributed by atoms with Gasteiger partial charge in [0.1, 0.15) is 11.2 Å². The molecule has 3 atom stereocenters. The minimum Gasteiger partial charge on any atom is -0.463 e. The summed E-state index contributed by atoms with van der Waals surface area (Å²) in [4.78, 5) is 29.4. The van der Waals surface area contributed by atoms with Gasteiger partial charge in [0.2, 0.25) is 5.91 Å². The molecule has 6 nitrogen and oxygen atoms in total. The molecule has 1 aliphatic carbocycles. The van der Waals surface area contributed by atoms with E-state index < -0.39 is 5.54 Å².